The summed E-state index contributed by atoms with van der Waals surface area (Å²) in [6.07, 6.45) is 0. The molecule has 0 atom stereocenters. The smallest absolute Gasteiger partial charge is 0.192 e. The second-order valence-electron chi connectivity index (χ2n) is 6.78. The van der Waals surface area contributed by atoms with Gasteiger partial charge in [-0.05, 0) is 49.9 Å². The van der Waals surface area contributed by atoms with Crippen LogP contribution in [-0.4, -0.2) is 10.2 Å². The van der Waals surface area contributed by atoms with Crippen molar-refractivity contribution in [3.8, 4) is 5.75 Å². The molecule has 3 heteroatoms. The number of hydrogen-bond donors (Lipinski definition) is 2. The zero-order valence-electron chi connectivity index (χ0n) is 13.8. The zero-order valence-corrected chi connectivity index (χ0v) is 14.7. The van der Waals surface area contributed by atoms with E-state index in [0.29, 0.717) is 5.75 Å². The molecule has 2 nitrogen and oxygen atoms in total. The Morgan fingerprint density at radius 1 is 0.900 bits per heavy atom. The molecule has 0 unspecified atom stereocenters. The molecule has 1 N–H and O–H groups in total. The standard InChI is InChI=1S/C17H26O2S/c1-9-10(2)12(4)14(18)13(11(9)3)16(5,6)17(7,8)15(19)20/h18H,1-8H3,(H,19,20). The van der Waals surface area contributed by atoms with Gasteiger partial charge in [0.05, 0.1) is 0 Å². The Labute approximate surface area is 128 Å². The van der Waals surface area contributed by atoms with Crippen LogP contribution in [0.15, 0.2) is 0 Å². The van der Waals surface area contributed by atoms with Crippen molar-refractivity contribution in [1.29, 1.82) is 0 Å². The van der Waals surface area contributed by atoms with E-state index in [2.05, 4.69) is 19.6 Å². The number of carbonyl (C=O) groups excluding carboxylic acids is 1. The van der Waals surface area contributed by atoms with Crippen molar-refractivity contribution in [2.24, 2.45) is 5.41 Å². The molecule has 0 radical (unpaired) electrons. The van der Waals surface area contributed by atoms with Crippen LogP contribution in [0, 0.1) is 33.1 Å². The number of benzene rings is 1. The number of phenols is 1. The fourth-order valence-electron chi connectivity index (χ4n) is 2.64. The first-order valence-electron chi connectivity index (χ1n) is 6.90. The largest absolute Gasteiger partial charge is 0.507 e. The summed E-state index contributed by atoms with van der Waals surface area (Å²) in [5.41, 5.74) is 3.89. The summed E-state index contributed by atoms with van der Waals surface area (Å²) >= 11 is 4.04. The van der Waals surface area contributed by atoms with Gasteiger partial charge in [0.15, 0.2) is 5.12 Å². The van der Waals surface area contributed by atoms with Crippen LogP contribution in [0.5, 0.6) is 5.75 Å². The molecule has 1 aromatic rings. The Balaban J connectivity index is 3.76. The molecule has 0 saturated carbocycles. The van der Waals surface area contributed by atoms with Crippen LogP contribution < -0.4 is 0 Å². The lowest BCUT2D eigenvalue weighted by atomic mass is 9.62. The Morgan fingerprint density at radius 3 is 1.70 bits per heavy atom. The highest BCUT2D eigenvalue weighted by atomic mass is 32.1. The molecule has 20 heavy (non-hydrogen) atoms. The minimum Gasteiger partial charge on any atom is -0.507 e. The number of thiol groups is 1. The normalized spacial score (nSPS) is 12.7. The van der Waals surface area contributed by atoms with E-state index in [1.54, 1.807) is 0 Å². The maximum absolute atomic E-state index is 11.9. The Kier molecular flexibility index (Phi) is 4.36. The third-order valence-corrected chi connectivity index (χ3v) is 5.94. The van der Waals surface area contributed by atoms with Gasteiger partial charge >= 0.3 is 0 Å². The van der Waals surface area contributed by atoms with Crippen LogP contribution >= 0.6 is 12.6 Å². The SMILES string of the molecule is Cc1c(C)c(C)c(C(C)(C)C(C)(C)C(=O)S)c(O)c1C. The fourth-order valence-corrected chi connectivity index (χ4v) is 2.92. The quantitative estimate of drug-likeness (QED) is 0.811. The van der Waals surface area contributed by atoms with Gasteiger partial charge in [-0.2, -0.15) is 0 Å². The molecular formula is C17H26O2S. The highest BCUT2D eigenvalue weighted by Crippen LogP contribution is 2.49. The van der Waals surface area contributed by atoms with Gasteiger partial charge in [0.2, 0.25) is 0 Å². The zero-order chi connectivity index (χ0) is 16.0. The molecule has 0 fully saturated rings. The number of hydrogen-bond acceptors (Lipinski definition) is 2. The number of carbonyl (C=O) groups is 1. The molecule has 0 aliphatic rings. The minimum absolute atomic E-state index is 0.169. The van der Waals surface area contributed by atoms with Crippen LogP contribution in [0.2, 0.25) is 0 Å². The van der Waals surface area contributed by atoms with Crippen molar-refractivity contribution in [3.63, 3.8) is 0 Å². The third kappa shape index (κ3) is 2.26. The van der Waals surface area contributed by atoms with Gasteiger partial charge in [-0.3, -0.25) is 4.79 Å². The topological polar surface area (TPSA) is 37.3 Å². The second-order valence-corrected chi connectivity index (χ2v) is 7.18. The van der Waals surface area contributed by atoms with Gasteiger partial charge in [0.25, 0.3) is 0 Å². The van der Waals surface area contributed by atoms with Crippen molar-refractivity contribution >= 4 is 17.7 Å². The summed E-state index contributed by atoms with van der Waals surface area (Å²) in [4.78, 5) is 11.9. The lowest BCUT2D eigenvalue weighted by molar-refractivity contribution is -0.120. The summed E-state index contributed by atoms with van der Waals surface area (Å²) in [5, 5.41) is 10.5. The van der Waals surface area contributed by atoms with Gasteiger partial charge in [-0.15, -0.1) is 12.6 Å². The minimum atomic E-state index is -0.674. The molecule has 0 aromatic heterocycles. The Hall–Kier alpha value is -0.960. The Bertz CT molecular complexity index is 540. The molecule has 1 rings (SSSR count). The highest BCUT2D eigenvalue weighted by molar-refractivity contribution is 7.96. The van der Waals surface area contributed by atoms with Crippen LogP contribution in [-0.2, 0) is 10.2 Å². The lowest BCUT2D eigenvalue weighted by Crippen LogP contribution is -2.41. The van der Waals surface area contributed by atoms with Crippen molar-refractivity contribution in [2.45, 2.75) is 60.8 Å². The average molecular weight is 294 g/mol. The van der Waals surface area contributed by atoms with Gasteiger partial charge in [0, 0.05) is 16.4 Å². The summed E-state index contributed by atoms with van der Waals surface area (Å²) in [6, 6.07) is 0. The maximum Gasteiger partial charge on any atom is 0.192 e. The predicted molar refractivity (Wildman–Crippen MR) is 87.9 cm³/mol. The van der Waals surface area contributed by atoms with E-state index in [4.69, 9.17) is 0 Å². The molecular weight excluding hydrogens is 268 g/mol. The molecule has 0 saturated heterocycles. The predicted octanol–water partition coefficient (Wildman–Crippen LogP) is 4.39. The number of rotatable bonds is 3. The highest BCUT2D eigenvalue weighted by Gasteiger charge is 2.45. The molecule has 0 aliphatic carbocycles. The van der Waals surface area contributed by atoms with E-state index in [9.17, 15) is 9.90 Å². The first-order valence-corrected chi connectivity index (χ1v) is 7.35. The first-order chi connectivity index (χ1) is 8.87. The summed E-state index contributed by atoms with van der Waals surface area (Å²) in [5.74, 6) is 0.304. The van der Waals surface area contributed by atoms with Crippen molar-refractivity contribution < 1.29 is 9.90 Å². The van der Waals surface area contributed by atoms with E-state index in [1.807, 2.05) is 48.5 Å². The van der Waals surface area contributed by atoms with Crippen LogP contribution in [0.1, 0.15) is 55.5 Å². The van der Waals surface area contributed by atoms with Crippen molar-refractivity contribution in [1.82, 2.24) is 0 Å². The second kappa shape index (κ2) is 5.10. The average Bonchev–Trinajstić information content (AvgIpc) is 2.33. The van der Waals surface area contributed by atoms with Gasteiger partial charge < -0.3 is 5.11 Å². The molecule has 0 spiro atoms. The maximum atomic E-state index is 11.9. The lowest BCUT2D eigenvalue weighted by Gasteiger charge is -2.41. The van der Waals surface area contributed by atoms with Crippen LogP contribution in [0.25, 0.3) is 0 Å². The van der Waals surface area contributed by atoms with E-state index < -0.39 is 10.8 Å². The van der Waals surface area contributed by atoms with Gasteiger partial charge in [-0.1, -0.05) is 27.7 Å². The van der Waals surface area contributed by atoms with Crippen molar-refractivity contribution in [3.05, 3.63) is 27.8 Å². The molecule has 0 amide bonds. The molecule has 1 aromatic carbocycles. The summed E-state index contributed by atoms with van der Waals surface area (Å²) < 4.78 is 0. The molecule has 0 aliphatic heterocycles. The van der Waals surface area contributed by atoms with Crippen LogP contribution in [0.3, 0.4) is 0 Å². The first kappa shape index (κ1) is 17.1. The Morgan fingerprint density at radius 2 is 1.30 bits per heavy atom. The fraction of sp³-hybridized carbons (Fsp3) is 0.588. The molecule has 0 bridgehead atoms. The van der Waals surface area contributed by atoms with Crippen LogP contribution in [0.4, 0.5) is 0 Å². The van der Waals surface area contributed by atoms with E-state index in [1.165, 1.54) is 5.56 Å². The van der Waals surface area contributed by atoms with E-state index in [-0.39, 0.29) is 5.12 Å². The number of phenolic OH excluding ortho intramolecular Hbond substituents is 1. The van der Waals surface area contributed by atoms with Gasteiger partial charge in [0.1, 0.15) is 5.75 Å². The third-order valence-electron chi connectivity index (χ3n) is 5.38. The van der Waals surface area contributed by atoms with E-state index in [0.717, 1.165) is 22.3 Å². The summed E-state index contributed by atoms with van der Waals surface area (Å²) in [7, 11) is 0. The molecule has 112 valence electrons. The summed E-state index contributed by atoms with van der Waals surface area (Å²) in [6.45, 7) is 15.8. The van der Waals surface area contributed by atoms with Gasteiger partial charge in [-0.25, -0.2) is 0 Å². The number of aromatic hydroxyl groups is 1. The van der Waals surface area contributed by atoms with Crippen molar-refractivity contribution in [2.75, 3.05) is 0 Å². The monoisotopic (exact) mass is 294 g/mol. The van der Waals surface area contributed by atoms with E-state index >= 15 is 0 Å². The molecule has 0 heterocycles.